The molecule has 0 saturated carbocycles. The first kappa shape index (κ1) is 19.0. The average molecular weight is 392 g/mol. The standard InChI is InChI=1S/C22H24N4O3/c27-21(19-2-1-9-26(14-19)22(28)20-7-11-29-15-20)24-12-17-3-5-18(6-4-17)13-25-10-8-23-16-25/h3-8,10-11,15-16,19H,1-2,9,12-14H2,(H,24,27)/t19-/m1/s1. The second-order valence-electron chi connectivity index (χ2n) is 7.37. The molecule has 1 fully saturated rings. The maximum Gasteiger partial charge on any atom is 0.257 e. The van der Waals surface area contributed by atoms with Gasteiger partial charge in [0.05, 0.1) is 24.1 Å². The Morgan fingerprint density at radius 1 is 1.17 bits per heavy atom. The van der Waals surface area contributed by atoms with Gasteiger partial charge in [-0.2, -0.15) is 0 Å². The number of piperidine rings is 1. The molecule has 1 N–H and O–H groups in total. The van der Waals surface area contributed by atoms with Gasteiger partial charge in [-0.15, -0.1) is 0 Å². The lowest BCUT2D eigenvalue weighted by Gasteiger charge is -2.31. The van der Waals surface area contributed by atoms with E-state index in [0.717, 1.165) is 24.9 Å². The van der Waals surface area contributed by atoms with Crippen LogP contribution in [0.2, 0.25) is 0 Å². The van der Waals surface area contributed by atoms with Crippen molar-refractivity contribution in [1.82, 2.24) is 19.8 Å². The van der Waals surface area contributed by atoms with E-state index in [1.165, 1.54) is 18.1 Å². The quantitative estimate of drug-likeness (QED) is 0.699. The van der Waals surface area contributed by atoms with Crippen LogP contribution >= 0.6 is 0 Å². The summed E-state index contributed by atoms with van der Waals surface area (Å²) in [6, 6.07) is 9.84. The normalized spacial score (nSPS) is 16.6. The Balaban J connectivity index is 1.28. The van der Waals surface area contributed by atoms with Gasteiger partial charge >= 0.3 is 0 Å². The minimum Gasteiger partial charge on any atom is -0.472 e. The highest BCUT2D eigenvalue weighted by Crippen LogP contribution is 2.19. The van der Waals surface area contributed by atoms with E-state index >= 15 is 0 Å². The molecule has 1 aliphatic heterocycles. The summed E-state index contributed by atoms with van der Waals surface area (Å²) < 4.78 is 7.00. The van der Waals surface area contributed by atoms with Crippen LogP contribution in [0.25, 0.3) is 0 Å². The van der Waals surface area contributed by atoms with Gasteiger partial charge in [-0.1, -0.05) is 24.3 Å². The minimum absolute atomic E-state index is 0.00261. The number of likely N-dealkylation sites (tertiary alicyclic amines) is 1. The van der Waals surface area contributed by atoms with Crippen molar-refractivity contribution in [2.45, 2.75) is 25.9 Å². The van der Waals surface area contributed by atoms with E-state index in [9.17, 15) is 9.59 Å². The molecule has 0 spiro atoms. The van der Waals surface area contributed by atoms with E-state index in [1.807, 2.05) is 22.9 Å². The molecule has 3 aromatic rings. The van der Waals surface area contributed by atoms with Crippen molar-refractivity contribution < 1.29 is 14.0 Å². The fraction of sp³-hybridized carbons (Fsp3) is 0.318. The van der Waals surface area contributed by atoms with E-state index in [0.29, 0.717) is 25.2 Å². The van der Waals surface area contributed by atoms with Crippen molar-refractivity contribution in [3.8, 4) is 0 Å². The highest BCUT2D eigenvalue weighted by Gasteiger charge is 2.29. The zero-order chi connectivity index (χ0) is 20.1. The fourth-order valence-corrected chi connectivity index (χ4v) is 3.63. The molecule has 29 heavy (non-hydrogen) atoms. The van der Waals surface area contributed by atoms with Gasteiger partial charge in [-0.25, -0.2) is 4.98 Å². The first-order valence-corrected chi connectivity index (χ1v) is 9.82. The van der Waals surface area contributed by atoms with Gasteiger partial charge in [0, 0.05) is 38.6 Å². The van der Waals surface area contributed by atoms with Gasteiger partial charge in [-0.3, -0.25) is 9.59 Å². The predicted octanol–water partition coefficient (Wildman–Crippen LogP) is 2.69. The molecule has 2 aromatic heterocycles. The van der Waals surface area contributed by atoms with Crippen molar-refractivity contribution in [1.29, 1.82) is 0 Å². The highest BCUT2D eigenvalue weighted by atomic mass is 16.3. The zero-order valence-electron chi connectivity index (χ0n) is 16.2. The monoisotopic (exact) mass is 392 g/mol. The average Bonchev–Trinajstić information content (AvgIpc) is 3.47. The number of hydrogen-bond acceptors (Lipinski definition) is 4. The summed E-state index contributed by atoms with van der Waals surface area (Å²) in [5.74, 6) is -0.262. The van der Waals surface area contributed by atoms with Gasteiger partial charge in [0.2, 0.25) is 5.91 Å². The van der Waals surface area contributed by atoms with Crippen LogP contribution in [-0.2, 0) is 17.9 Å². The van der Waals surface area contributed by atoms with Crippen LogP contribution < -0.4 is 5.32 Å². The zero-order valence-corrected chi connectivity index (χ0v) is 16.2. The molecule has 7 nitrogen and oxygen atoms in total. The van der Waals surface area contributed by atoms with Crippen LogP contribution in [0.15, 0.2) is 66.0 Å². The van der Waals surface area contributed by atoms with Crippen LogP contribution in [0.5, 0.6) is 0 Å². The molecular weight excluding hydrogens is 368 g/mol. The van der Waals surface area contributed by atoms with Gasteiger partial charge in [0.25, 0.3) is 5.91 Å². The van der Waals surface area contributed by atoms with Crippen LogP contribution in [0.3, 0.4) is 0 Å². The van der Waals surface area contributed by atoms with Crippen molar-refractivity contribution in [3.63, 3.8) is 0 Å². The molecule has 0 bridgehead atoms. The van der Waals surface area contributed by atoms with Crippen LogP contribution in [0.4, 0.5) is 0 Å². The van der Waals surface area contributed by atoms with Gasteiger partial charge in [0.1, 0.15) is 6.26 Å². The molecule has 4 rings (SSSR count). The maximum absolute atomic E-state index is 12.6. The number of aromatic nitrogens is 2. The first-order chi connectivity index (χ1) is 14.2. The molecule has 3 heterocycles. The summed E-state index contributed by atoms with van der Waals surface area (Å²) in [4.78, 5) is 30.9. The Bertz CT molecular complexity index is 933. The SMILES string of the molecule is O=C(NCc1ccc(Cn2ccnc2)cc1)[C@@H]1CCCN(C(=O)c2ccoc2)C1. The van der Waals surface area contributed by atoms with Crippen LogP contribution in [0, 0.1) is 5.92 Å². The molecule has 150 valence electrons. The lowest BCUT2D eigenvalue weighted by molar-refractivity contribution is -0.126. The number of benzene rings is 1. The smallest absolute Gasteiger partial charge is 0.257 e. The minimum atomic E-state index is -0.180. The lowest BCUT2D eigenvalue weighted by atomic mass is 9.96. The molecular formula is C22H24N4O3. The molecule has 1 saturated heterocycles. The Morgan fingerprint density at radius 3 is 2.72 bits per heavy atom. The third-order valence-corrected chi connectivity index (χ3v) is 5.26. The molecule has 7 heteroatoms. The Labute approximate surface area is 169 Å². The second kappa shape index (κ2) is 8.77. The van der Waals surface area contributed by atoms with E-state index in [1.54, 1.807) is 23.5 Å². The van der Waals surface area contributed by atoms with E-state index in [2.05, 4.69) is 22.4 Å². The summed E-state index contributed by atoms with van der Waals surface area (Å²) in [6.07, 6.45) is 10.0. The van der Waals surface area contributed by atoms with Gasteiger partial charge < -0.3 is 19.2 Å². The number of furan rings is 1. The van der Waals surface area contributed by atoms with E-state index in [4.69, 9.17) is 4.42 Å². The number of carbonyl (C=O) groups is 2. The third-order valence-electron chi connectivity index (χ3n) is 5.26. The van der Waals surface area contributed by atoms with Gasteiger partial charge in [-0.05, 0) is 30.0 Å². The number of carbonyl (C=O) groups excluding carboxylic acids is 2. The summed E-state index contributed by atoms with van der Waals surface area (Å²) >= 11 is 0. The van der Waals surface area contributed by atoms with Crippen LogP contribution in [-0.4, -0.2) is 39.4 Å². The number of amides is 2. The molecule has 0 unspecified atom stereocenters. The summed E-state index contributed by atoms with van der Waals surface area (Å²) in [6.45, 7) is 2.37. The topological polar surface area (TPSA) is 80.4 Å². The molecule has 2 amide bonds. The maximum atomic E-state index is 12.6. The number of rotatable bonds is 6. The Morgan fingerprint density at radius 2 is 2.00 bits per heavy atom. The summed E-state index contributed by atoms with van der Waals surface area (Å²) in [7, 11) is 0. The summed E-state index contributed by atoms with van der Waals surface area (Å²) in [5.41, 5.74) is 2.76. The number of hydrogen-bond donors (Lipinski definition) is 1. The molecule has 1 aromatic carbocycles. The summed E-state index contributed by atoms with van der Waals surface area (Å²) in [5, 5.41) is 3.02. The van der Waals surface area contributed by atoms with Crippen LogP contribution in [0.1, 0.15) is 34.3 Å². The van der Waals surface area contributed by atoms with Crippen molar-refractivity contribution in [2.75, 3.05) is 13.1 Å². The third kappa shape index (κ3) is 4.74. The number of nitrogens with one attached hydrogen (secondary N) is 1. The molecule has 0 radical (unpaired) electrons. The van der Waals surface area contributed by atoms with E-state index < -0.39 is 0 Å². The number of nitrogens with zero attached hydrogens (tertiary/aromatic N) is 3. The van der Waals surface area contributed by atoms with Crippen molar-refractivity contribution in [3.05, 3.63) is 78.3 Å². The number of imidazole rings is 1. The van der Waals surface area contributed by atoms with E-state index in [-0.39, 0.29) is 17.7 Å². The Hall–Kier alpha value is -3.35. The van der Waals surface area contributed by atoms with Gasteiger partial charge in [0.15, 0.2) is 0 Å². The second-order valence-corrected chi connectivity index (χ2v) is 7.37. The first-order valence-electron chi connectivity index (χ1n) is 9.82. The lowest BCUT2D eigenvalue weighted by Crippen LogP contribution is -2.45. The largest absolute Gasteiger partial charge is 0.472 e. The predicted molar refractivity (Wildman–Crippen MR) is 107 cm³/mol. The highest BCUT2D eigenvalue weighted by molar-refractivity contribution is 5.94. The molecule has 1 aliphatic rings. The Kier molecular flexibility index (Phi) is 5.74. The van der Waals surface area contributed by atoms with Crippen molar-refractivity contribution in [2.24, 2.45) is 5.92 Å². The molecule has 1 atom stereocenters. The van der Waals surface area contributed by atoms with Crippen molar-refractivity contribution >= 4 is 11.8 Å². The fourth-order valence-electron chi connectivity index (χ4n) is 3.63. The molecule has 0 aliphatic carbocycles.